The van der Waals surface area contributed by atoms with E-state index in [0.717, 1.165) is 51.3 Å². The van der Waals surface area contributed by atoms with Crippen LogP contribution in [0.1, 0.15) is 5.56 Å². The van der Waals surface area contributed by atoms with Crippen molar-refractivity contribution < 1.29 is 0 Å². The van der Waals surface area contributed by atoms with Crippen molar-refractivity contribution in [1.82, 2.24) is 24.6 Å². The molecule has 140 valence electrons. The number of aromatic nitrogens is 5. The summed E-state index contributed by atoms with van der Waals surface area (Å²) in [5, 5.41) is 14.9. The second-order valence-corrected chi connectivity index (χ2v) is 7.21. The lowest BCUT2D eigenvalue weighted by atomic mass is 10.1. The van der Waals surface area contributed by atoms with E-state index in [0.29, 0.717) is 5.82 Å². The van der Waals surface area contributed by atoms with E-state index in [4.69, 9.17) is 4.98 Å². The molecule has 3 aromatic heterocycles. The van der Waals surface area contributed by atoms with Crippen LogP contribution in [-0.2, 0) is 6.42 Å². The number of benzene rings is 2. The molecule has 0 atom stereocenters. The molecule has 0 amide bonds. The number of nitrogens with zero attached hydrogens (tertiary/aromatic N) is 4. The van der Waals surface area contributed by atoms with E-state index in [2.05, 4.69) is 56.7 Å². The van der Waals surface area contributed by atoms with Crippen LogP contribution in [0.15, 0.2) is 73.5 Å². The van der Waals surface area contributed by atoms with Crippen molar-refractivity contribution in [3.05, 3.63) is 79.0 Å². The maximum Gasteiger partial charge on any atom is 0.180 e. The molecule has 7 nitrogen and oxygen atoms in total. The minimum atomic E-state index is 0.710. The lowest BCUT2D eigenvalue weighted by molar-refractivity contribution is 1.12. The normalized spacial score (nSPS) is 13.0. The van der Waals surface area contributed by atoms with Crippen LogP contribution in [0.3, 0.4) is 0 Å². The van der Waals surface area contributed by atoms with Gasteiger partial charge in [-0.2, -0.15) is 5.10 Å². The third-order valence-corrected chi connectivity index (χ3v) is 5.20. The first-order valence-electron chi connectivity index (χ1n) is 9.35. The molecule has 0 saturated heterocycles. The van der Waals surface area contributed by atoms with Gasteiger partial charge in [0, 0.05) is 53.0 Å². The highest BCUT2D eigenvalue weighted by Crippen LogP contribution is 2.32. The van der Waals surface area contributed by atoms with Gasteiger partial charge in [0.2, 0.25) is 0 Å². The van der Waals surface area contributed by atoms with Crippen LogP contribution in [0, 0.1) is 0 Å². The predicted octanol–water partition coefficient (Wildman–Crippen LogP) is 4.50. The molecule has 0 bridgehead atoms. The summed E-state index contributed by atoms with van der Waals surface area (Å²) < 4.78 is 1.98. The number of nitrogens with one attached hydrogen (secondary N) is 3. The van der Waals surface area contributed by atoms with Crippen molar-refractivity contribution in [3.63, 3.8) is 0 Å². The molecule has 1 aliphatic heterocycles. The van der Waals surface area contributed by atoms with Crippen LogP contribution in [0.5, 0.6) is 0 Å². The van der Waals surface area contributed by atoms with Crippen LogP contribution in [0.4, 0.5) is 17.2 Å². The van der Waals surface area contributed by atoms with Gasteiger partial charge in [-0.1, -0.05) is 18.7 Å². The fourth-order valence-corrected chi connectivity index (χ4v) is 3.79. The molecule has 6 rings (SSSR count). The fraction of sp³-hybridized carbons (Fsp3) is 0.0455. The number of allylic oxidation sites excluding steroid dienone is 1. The van der Waals surface area contributed by atoms with Crippen molar-refractivity contribution in [2.24, 2.45) is 0 Å². The first-order valence-corrected chi connectivity index (χ1v) is 9.35. The number of hydrogen-bond acceptors (Lipinski definition) is 5. The predicted molar refractivity (Wildman–Crippen MR) is 114 cm³/mol. The van der Waals surface area contributed by atoms with Gasteiger partial charge in [-0.05, 0) is 29.8 Å². The van der Waals surface area contributed by atoms with E-state index in [1.165, 1.54) is 5.56 Å². The van der Waals surface area contributed by atoms with E-state index in [9.17, 15) is 0 Å². The fourth-order valence-electron chi connectivity index (χ4n) is 3.79. The quantitative estimate of drug-likeness (QED) is 0.430. The van der Waals surface area contributed by atoms with E-state index in [1.807, 2.05) is 35.1 Å². The molecule has 29 heavy (non-hydrogen) atoms. The highest BCUT2D eigenvalue weighted by molar-refractivity contribution is 5.84. The molecule has 4 heterocycles. The Labute approximate surface area is 166 Å². The van der Waals surface area contributed by atoms with Crippen molar-refractivity contribution >= 4 is 33.7 Å². The molecule has 0 saturated carbocycles. The summed E-state index contributed by atoms with van der Waals surface area (Å²) in [7, 11) is 0. The van der Waals surface area contributed by atoms with Crippen LogP contribution >= 0.6 is 0 Å². The SMILES string of the molecule is C=C1Cc2cc(Nc3nc(-c4ccc5cn[nH]c5c4)cn4ccnc34)ccc2N1. The van der Waals surface area contributed by atoms with Crippen LogP contribution in [0.2, 0.25) is 0 Å². The highest BCUT2D eigenvalue weighted by atomic mass is 15.1. The molecular formula is C22H17N7. The van der Waals surface area contributed by atoms with E-state index >= 15 is 0 Å². The van der Waals surface area contributed by atoms with Gasteiger partial charge < -0.3 is 15.0 Å². The minimum Gasteiger partial charge on any atom is -0.359 e. The molecule has 0 spiro atoms. The number of imidazole rings is 1. The van der Waals surface area contributed by atoms with Crippen LogP contribution < -0.4 is 10.6 Å². The maximum atomic E-state index is 4.88. The Kier molecular flexibility index (Phi) is 3.25. The summed E-state index contributed by atoms with van der Waals surface area (Å²) in [6.45, 7) is 4.02. The number of H-pyrrole nitrogens is 1. The first kappa shape index (κ1) is 15.9. The van der Waals surface area contributed by atoms with Crippen molar-refractivity contribution in [2.75, 3.05) is 10.6 Å². The number of aromatic amines is 1. The zero-order valence-electron chi connectivity index (χ0n) is 15.5. The Morgan fingerprint density at radius 2 is 2.10 bits per heavy atom. The molecule has 1 aliphatic rings. The Hall–Kier alpha value is -4.13. The number of anilines is 3. The van der Waals surface area contributed by atoms with Gasteiger partial charge in [0.25, 0.3) is 0 Å². The second kappa shape index (κ2) is 5.93. The minimum absolute atomic E-state index is 0.710. The monoisotopic (exact) mass is 379 g/mol. The third kappa shape index (κ3) is 2.63. The summed E-state index contributed by atoms with van der Waals surface area (Å²) in [4.78, 5) is 9.35. The van der Waals surface area contributed by atoms with Gasteiger partial charge >= 0.3 is 0 Å². The number of fused-ring (bicyclic) bond motifs is 3. The van der Waals surface area contributed by atoms with Gasteiger partial charge in [0.05, 0.1) is 17.4 Å². The van der Waals surface area contributed by atoms with Crippen LogP contribution in [-0.4, -0.2) is 24.6 Å². The smallest absolute Gasteiger partial charge is 0.180 e. The molecule has 7 heteroatoms. The lowest BCUT2D eigenvalue weighted by Crippen LogP contribution is -2.00. The second-order valence-electron chi connectivity index (χ2n) is 7.21. The zero-order chi connectivity index (χ0) is 19.4. The third-order valence-electron chi connectivity index (χ3n) is 5.20. The Morgan fingerprint density at radius 3 is 3.07 bits per heavy atom. The molecule has 3 N–H and O–H groups in total. The van der Waals surface area contributed by atoms with E-state index < -0.39 is 0 Å². The first-order chi connectivity index (χ1) is 14.2. The van der Waals surface area contributed by atoms with Crippen molar-refractivity contribution in [3.8, 4) is 11.3 Å². The highest BCUT2D eigenvalue weighted by Gasteiger charge is 2.15. The summed E-state index contributed by atoms with van der Waals surface area (Å²) in [6, 6.07) is 12.4. The summed E-state index contributed by atoms with van der Waals surface area (Å²) >= 11 is 0. The van der Waals surface area contributed by atoms with Crippen LogP contribution in [0.25, 0.3) is 27.8 Å². The average molecular weight is 379 g/mol. The van der Waals surface area contributed by atoms with Gasteiger partial charge in [0.15, 0.2) is 11.5 Å². The molecule has 0 unspecified atom stereocenters. The number of rotatable bonds is 3. The standard InChI is InChI=1S/C22H17N7/c1-13-8-16-9-17(4-5-18(16)25-13)26-21-22-23-6-7-29(22)12-20(27-21)14-2-3-15-11-24-28-19(15)10-14/h2-7,9-12,25H,1,8H2,(H,24,28)(H,26,27). The zero-order valence-corrected chi connectivity index (χ0v) is 15.5. The van der Waals surface area contributed by atoms with Gasteiger partial charge in [-0.25, -0.2) is 9.97 Å². The molecule has 2 aromatic carbocycles. The van der Waals surface area contributed by atoms with Crippen molar-refractivity contribution in [2.45, 2.75) is 6.42 Å². The molecule has 0 aliphatic carbocycles. The van der Waals surface area contributed by atoms with Gasteiger partial charge in [0.1, 0.15) is 0 Å². The topological polar surface area (TPSA) is 82.9 Å². The summed E-state index contributed by atoms with van der Waals surface area (Å²) in [5.41, 5.74) is 7.94. The number of hydrogen-bond donors (Lipinski definition) is 3. The average Bonchev–Trinajstić information content (AvgIpc) is 3.45. The van der Waals surface area contributed by atoms with E-state index in [1.54, 1.807) is 6.20 Å². The van der Waals surface area contributed by atoms with E-state index in [-0.39, 0.29) is 0 Å². The Bertz CT molecular complexity index is 1410. The van der Waals surface area contributed by atoms with Gasteiger partial charge in [-0.15, -0.1) is 0 Å². The molecule has 0 fully saturated rings. The molecule has 5 aromatic rings. The largest absolute Gasteiger partial charge is 0.359 e. The molecular weight excluding hydrogens is 362 g/mol. The molecule has 0 radical (unpaired) electrons. The summed E-state index contributed by atoms with van der Waals surface area (Å²) in [5.74, 6) is 0.710. The maximum absolute atomic E-state index is 4.88. The lowest BCUT2D eigenvalue weighted by Gasteiger charge is -2.11. The Morgan fingerprint density at radius 1 is 1.14 bits per heavy atom. The Balaban J connectivity index is 1.44. The van der Waals surface area contributed by atoms with Gasteiger partial charge in [-0.3, -0.25) is 5.10 Å². The van der Waals surface area contributed by atoms with Crippen molar-refractivity contribution in [1.29, 1.82) is 0 Å². The summed E-state index contributed by atoms with van der Waals surface area (Å²) in [6.07, 6.45) is 8.34.